The van der Waals surface area contributed by atoms with E-state index in [9.17, 15) is 23.3 Å². The molecule has 1 amide bonds. The maximum atomic E-state index is 14.5. The fourth-order valence-corrected chi connectivity index (χ4v) is 11.7. The summed E-state index contributed by atoms with van der Waals surface area (Å²) in [6, 6.07) is 19.8. The van der Waals surface area contributed by atoms with E-state index in [-0.39, 0.29) is 47.0 Å². The normalized spacial score (nSPS) is 20.6. The zero-order valence-corrected chi connectivity index (χ0v) is 40.1. The van der Waals surface area contributed by atoms with Gasteiger partial charge in [0.25, 0.3) is 21.6 Å². The molecule has 16 nitrogen and oxygen atoms in total. The number of ether oxygens (including phenoxy) is 3. The van der Waals surface area contributed by atoms with Gasteiger partial charge >= 0.3 is 0 Å². The van der Waals surface area contributed by atoms with E-state index in [1.54, 1.807) is 12.3 Å². The molecule has 2 fully saturated rings. The number of carbonyl (C=O) groups excluding carboxylic acids is 1. The van der Waals surface area contributed by atoms with Crippen molar-refractivity contribution in [3.8, 4) is 11.6 Å². The Morgan fingerprint density at radius 1 is 0.971 bits per heavy atom. The van der Waals surface area contributed by atoms with Gasteiger partial charge in [0.15, 0.2) is 11.4 Å². The standard InChI is InChI=1S/C50H57ClN8O8S/c1-31(38-11-15-50(2,3)29-40(38)32-5-7-35(51)8-6-32)56-18-20-57(21-19-56)36-9-10-39(42(26-36)58-17-4-22-66-49-44(58)25-34-12-16-52-47(34)54-49)48(60)55-68(63,64)37-27-43(59(61)62)46-45(28-37)67-30-41(53-46)33-13-23-65-24-14-33/h5-10,12,16,25-28,31,33,41,53H,4,11,13-15,17-24,29-30H2,1-3H3,(H,52,54)(H,55,60)/t31?,41-/m0/s1. The third kappa shape index (κ3) is 9.20. The van der Waals surface area contributed by atoms with Gasteiger partial charge < -0.3 is 34.3 Å². The Morgan fingerprint density at radius 2 is 1.75 bits per heavy atom. The number of aromatic nitrogens is 2. The summed E-state index contributed by atoms with van der Waals surface area (Å²) in [6.07, 6.45) is 7.10. The number of piperazine rings is 1. The van der Waals surface area contributed by atoms with Crippen molar-refractivity contribution < 1.29 is 32.3 Å². The van der Waals surface area contributed by atoms with E-state index < -0.39 is 31.4 Å². The van der Waals surface area contributed by atoms with Crippen molar-refractivity contribution in [3.63, 3.8) is 0 Å². The second-order valence-electron chi connectivity index (χ2n) is 19.4. The molecule has 0 radical (unpaired) electrons. The van der Waals surface area contributed by atoms with Crippen LogP contribution in [0.4, 0.5) is 28.4 Å². The van der Waals surface area contributed by atoms with E-state index in [4.69, 9.17) is 30.8 Å². The summed E-state index contributed by atoms with van der Waals surface area (Å²) in [5.74, 6) is -0.308. The first-order valence-corrected chi connectivity index (χ1v) is 25.4. The highest BCUT2D eigenvalue weighted by atomic mass is 35.5. The first kappa shape index (κ1) is 45.9. The van der Waals surface area contributed by atoms with Crippen molar-refractivity contribution in [1.29, 1.82) is 0 Å². The topological polar surface area (TPSA) is 184 Å². The number of anilines is 4. The van der Waals surface area contributed by atoms with Gasteiger partial charge in [-0.25, -0.2) is 13.1 Å². The van der Waals surface area contributed by atoms with Crippen LogP contribution >= 0.6 is 11.6 Å². The van der Waals surface area contributed by atoms with Gasteiger partial charge in [0.05, 0.1) is 33.7 Å². The number of H-pyrrole nitrogens is 1. The van der Waals surface area contributed by atoms with Gasteiger partial charge in [-0.1, -0.05) is 37.6 Å². The minimum Gasteiger partial charge on any atom is -0.489 e. The summed E-state index contributed by atoms with van der Waals surface area (Å²) in [4.78, 5) is 40.6. The van der Waals surface area contributed by atoms with Crippen LogP contribution in [0, 0.1) is 21.4 Å². The Labute approximate surface area is 401 Å². The lowest BCUT2D eigenvalue weighted by Crippen LogP contribution is -2.50. The fraction of sp³-hybridized carbons (Fsp3) is 0.440. The highest BCUT2D eigenvalue weighted by Gasteiger charge is 2.37. The van der Waals surface area contributed by atoms with Crippen LogP contribution in [-0.4, -0.2) is 105 Å². The summed E-state index contributed by atoms with van der Waals surface area (Å²) in [5, 5.41) is 17.3. The molecule has 358 valence electrons. The maximum absolute atomic E-state index is 14.5. The van der Waals surface area contributed by atoms with E-state index in [2.05, 4.69) is 57.7 Å². The van der Waals surface area contributed by atoms with Crippen molar-refractivity contribution in [2.75, 3.05) is 74.3 Å². The molecule has 5 aromatic rings. The molecule has 68 heavy (non-hydrogen) atoms. The molecule has 0 bridgehead atoms. The van der Waals surface area contributed by atoms with Gasteiger partial charge in [-0.05, 0) is 116 Å². The fourth-order valence-electron chi connectivity index (χ4n) is 10.6. The van der Waals surface area contributed by atoms with Crippen LogP contribution in [0.3, 0.4) is 0 Å². The number of sulfonamides is 1. The van der Waals surface area contributed by atoms with Crippen molar-refractivity contribution in [1.82, 2.24) is 19.6 Å². The van der Waals surface area contributed by atoms with E-state index in [1.807, 2.05) is 41.3 Å². The van der Waals surface area contributed by atoms with Gasteiger partial charge in [0.1, 0.15) is 17.9 Å². The molecule has 6 heterocycles. The number of benzene rings is 3. The van der Waals surface area contributed by atoms with Crippen molar-refractivity contribution in [2.45, 2.75) is 76.3 Å². The number of hydrogen-bond acceptors (Lipinski definition) is 13. The van der Waals surface area contributed by atoms with E-state index in [1.165, 1.54) is 22.8 Å². The number of hydrogen-bond donors (Lipinski definition) is 3. The number of amides is 1. The lowest BCUT2D eigenvalue weighted by atomic mass is 9.71. The number of nitro groups is 1. The molecule has 4 aliphatic heterocycles. The van der Waals surface area contributed by atoms with Gasteiger partial charge in [0, 0.05) is 86.4 Å². The SMILES string of the molecule is CC(C1=C(c2ccc(Cl)cc2)CC(C)(C)CC1)N1CCN(c2ccc(C(=O)NS(=O)(=O)c3cc4c(c([N+](=O)[O-])c3)N[C@H](C3CCOCC3)CO4)c(N3CCCOc4nc5[nH]ccc5cc43)c2)CC1. The first-order valence-electron chi connectivity index (χ1n) is 23.6. The van der Waals surface area contributed by atoms with Crippen LogP contribution in [0.1, 0.15) is 75.2 Å². The zero-order valence-electron chi connectivity index (χ0n) is 38.6. The summed E-state index contributed by atoms with van der Waals surface area (Å²) in [7, 11) is -4.67. The van der Waals surface area contributed by atoms with E-state index >= 15 is 0 Å². The molecular formula is C50H57ClN8O8S. The molecule has 1 unspecified atom stereocenters. The minimum absolute atomic E-state index is 0.0287. The Bertz CT molecular complexity index is 2890. The monoisotopic (exact) mass is 964 g/mol. The van der Waals surface area contributed by atoms with Crippen molar-refractivity contribution in [2.24, 2.45) is 11.3 Å². The third-order valence-electron chi connectivity index (χ3n) is 14.5. The predicted octanol–water partition coefficient (Wildman–Crippen LogP) is 8.94. The third-order valence-corrected chi connectivity index (χ3v) is 16.0. The van der Waals surface area contributed by atoms with Crippen LogP contribution in [0.15, 0.2) is 83.4 Å². The number of nitro benzene ring substituents is 1. The lowest BCUT2D eigenvalue weighted by Gasteiger charge is -2.43. The molecule has 1 aliphatic carbocycles. The van der Waals surface area contributed by atoms with Gasteiger partial charge in [0.2, 0.25) is 5.88 Å². The summed E-state index contributed by atoms with van der Waals surface area (Å²) in [5.41, 5.74) is 6.72. The number of fused-ring (bicyclic) bond motifs is 3. The van der Waals surface area contributed by atoms with Crippen molar-refractivity contribution >= 4 is 72.6 Å². The number of aromatic amines is 1. The second kappa shape index (κ2) is 18.6. The molecule has 2 saturated heterocycles. The highest BCUT2D eigenvalue weighted by molar-refractivity contribution is 7.90. The van der Waals surface area contributed by atoms with E-state index in [0.717, 1.165) is 80.4 Å². The number of carbonyl (C=O) groups is 1. The second-order valence-corrected chi connectivity index (χ2v) is 21.5. The van der Waals surface area contributed by atoms with Crippen LogP contribution in [0.2, 0.25) is 5.02 Å². The minimum atomic E-state index is -4.67. The van der Waals surface area contributed by atoms with Crippen LogP contribution in [0.5, 0.6) is 11.6 Å². The number of rotatable bonds is 10. The molecule has 3 N–H and O–H groups in total. The average Bonchev–Trinajstić information content (AvgIpc) is 3.70. The first-order chi connectivity index (χ1) is 32.7. The average molecular weight is 966 g/mol. The summed E-state index contributed by atoms with van der Waals surface area (Å²) >= 11 is 6.31. The van der Waals surface area contributed by atoms with Crippen LogP contribution in [0.25, 0.3) is 16.6 Å². The zero-order chi connectivity index (χ0) is 47.3. The number of nitrogens with zero attached hydrogens (tertiary/aromatic N) is 5. The predicted molar refractivity (Wildman–Crippen MR) is 263 cm³/mol. The largest absolute Gasteiger partial charge is 0.489 e. The molecular weight excluding hydrogens is 908 g/mol. The van der Waals surface area contributed by atoms with Crippen molar-refractivity contribution in [3.05, 3.63) is 105 Å². The molecule has 5 aliphatic rings. The van der Waals surface area contributed by atoms with Gasteiger partial charge in [-0.3, -0.25) is 19.8 Å². The smallest absolute Gasteiger partial charge is 0.297 e. The Hall–Kier alpha value is -5.88. The van der Waals surface area contributed by atoms with Gasteiger partial charge in [-0.15, -0.1) is 0 Å². The Kier molecular flexibility index (Phi) is 12.5. The molecule has 2 atom stereocenters. The molecule has 18 heteroatoms. The molecule has 2 aromatic heterocycles. The Balaban J connectivity index is 0.945. The quantitative estimate of drug-likeness (QED) is 0.0891. The molecule has 0 spiro atoms. The number of halogens is 1. The molecule has 10 rings (SSSR count). The number of pyridine rings is 1. The highest BCUT2D eigenvalue weighted by Crippen LogP contribution is 2.46. The number of nitrogens with one attached hydrogen (secondary N) is 3. The lowest BCUT2D eigenvalue weighted by molar-refractivity contribution is -0.384. The number of allylic oxidation sites excluding steroid dienone is 1. The Morgan fingerprint density at radius 3 is 2.51 bits per heavy atom. The molecule has 3 aromatic carbocycles. The van der Waals surface area contributed by atoms with Gasteiger partial charge in [-0.2, -0.15) is 4.98 Å². The maximum Gasteiger partial charge on any atom is 0.297 e. The van der Waals surface area contributed by atoms with Crippen LogP contribution < -0.4 is 29.3 Å². The van der Waals surface area contributed by atoms with Crippen LogP contribution in [-0.2, 0) is 14.8 Å². The molecule has 0 saturated carbocycles. The summed E-state index contributed by atoms with van der Waals surface area (Å²) in [6.45, 7) is 12.3. The van der Waals surface area contributed by atoms with E-state index in [0.29, 0.717) is 55.7 Å². The summed E-state index contributed by atoms with van der Waals surface area (Å²) < 4.78 is 48.3.